The molecule has 0 atom stereocenters. The molecule has 5 amide bonds. The predicted octanol–water partition coefficient (Wildman–Crippen LogP) is 14.9. The fourth-order valence-electron chi connectivity index (χ4n) is 15.9. The molecular formula is C83H106Cl2N14O6. The van der Waals surface area contributed by atoms with Gasteiger partial charge in [-0.3, -0.25) is 34.1 Å². The van der Waals surface area contributed by atoms with Gasteiger partial charge in [0.1, 0.15) is 22.4 Å². The molecule has 558 valence electrons. The van der Waals surface area contributed by atoms with Crippen LogP contribution in [-0.4, -0.2) is 150 Å². The summed E-state index contributed by atoms with van der Waals surface area (Å²) in [6.07, 6.45) is 24.1. The van der Waals surface area contributed by atoms with Crippen molar-refractivity contribution in [3.8, 4) is 0 Å². The lowest BCUT2D eigenvalue weighted by Crippen LogP contribution is -2.59. The number of hydrogen-bond acceptors (Lipinski definition) is 15. The number of aryl methyl sites for hydroxylation is 4. The monoisotopic (exact) mass is 1460 g/mol. The zero-order valence-electron chi connectivity index (χ0n) is 62.5. The minimum absolute atomic E-state index is 0.0239. The molecule has 4 N–H and O–H groups in total. The van der Waals surface area contributed by atoms with Gasteiger partial charge in [0.05, 0.1) is 51.7 Å². The number of hydrogen-bond donors (Lipinski definition) is 4. The fraction of sp³-hybridized carbons (Fsp3) is 0.506. The third-order valence-electron chi connectivity index (χ3n) is 22.1. The van der Waals surface area contributed by atoms with Crippen LogP contribution in [0, 0.1) is 27.7 Å². The van der Waals surface area contributed by atoms with Gasteiger partial charge >= 0.3 is 6.09 Å². The van der Waals surface area contributed by atoms with Gasteiger partial charge < -0.3 is 45.6 Å². The van der Waals surface area contributed by atoms with Gasteiger partial charge in [-0.25, -0.2) is 19.7 Å². The van der Waals surface area contributed by atoms with E-state index in [0.29, 0.717) is 49.3 Å². The van der Waals surface area contributed by atoms with E-state index in [0.717, 1.165) is 193 Å². The molecule has 16 rings (SSSR count). The number of nitrogens with one attached hydrogen (secondary N) is 4. The number of rotatable bonds is 5. The maximum atomic E-state index is 13.1. The van der Waals surface area contributed by atoms with Crippen molar-refractivity contribution in [3.63, 3.8) is 0 Å². The summed E-state index contributed by atoms with van der Waals surface area (Å²) < 4.78 is 5.37. The lowest BCUT2D eigenvalue weighted by molar-refractivity contribution is -0.144. The molecule has 8 saturated heterocycles. The third kappa shape index (κ3) is 20.9. The fourth-order valence-corrected chi connectivity index (χ4v) is 16.3. The van der Waals surface area contributed by atoms with Crippen LogP contribution in [-0.2, 0) is 36.3 Å². The summed E-state index contributed by atoms with van der Waals surface area (Å²) in [4.78, 5) is 94.8. The standard InChI is InChI=1S/C26H30N4O.C17H20N4O.C14H24N2O3.C9H11Cl.C9H16N2O.C8H5ClN2/c1-19-9-10-20(2)21(16-19)18-30-25(31)8-5-11-26(30)12-14-29(15-13-26)24-17-27-22-6-3-4-7-23(22)28-24;22-16-6-3-7-17(20-16)8-10-21(11-9-17)15-12-18-13-4-1-2-5-14(13)19-15;1-13(2,3)19-12(18)16-9-7-14(8-10-16)6-4-5-11(17)15-14;1-7-3-4-8(2)9(5-7)6-10;12-8-2-1-3-9(11-8)4-6-10-7-5-9;9-8-5-10-6-3-1-2-4-7(6)11-8/h3-4,6-7,9-10,16-17H,5,8,11-15,18H2,1-2H3;1-2,4-5,12H,3,6-11H2,(H,20,22);4-10H2,1-3H3,(H,15,17);3-5H,6H2,1-2H3;10H,1-7H2,(H,11,12);1-5H. The Morgan fingerprint density at radius 3 is 1.35 bits per heavy atom. The van der Waals surface area contributed by atoms with Gasteiger partial charge in [0.2, 0.25) is 23.6 Å². The van der Waals surface area contributed by atoms with Crippen LogP contribution in [0.4, 0.5) is 16.4 Å². The second kappa shape index (κ2) is 35.2. The summed E-state index contributed by atoms with van der Waals surface area (Å²) in [5, 5.41) is 13.3. The zero-order valence-corrected chi connectivity index (χ0v) is 64.0. The van der Waals surface area contributed by atoms with Crippen molar-refractivity contribution in [3.05, 3.63) is 166 Å². The number of anilines is 2. The van der Waals surface area contributed by atoms with Gasteiger partial charge in [-0.1, -0.05) is 95.5 Å². The van der Waals surface area contributed by atoms with E-state index >= 15 is 0 Å². The van der Waals surface area contributed by atoms with Crippen LogP contribution in [0.1, 0.15) is 183 Å². The molecule has 0 radical (unpaired) electrons. The van der Waals surface area contributed by atoms with E-state index in [1.165, 1.54) is 39.8 Å². The Morgan fingerprint density at radius 1 is 0.486 bits per heavy atom. The Balaban J connectivity index is 0.000000132. The molecule has 0 bridgehead atoms. The van der Waals surface area contributed by atoms with Crippen molar-refractivity contribution in [1.82, 2.24) is 61.0 Å². The summed E-state index contributed by atoms with van der Waals surface area (Å²) in [5.74, 6) is 3.43. The number of piperidine rings is 8. The van der Waals surface area contributed by atoms with Crippen LogP contribution >= 0.6 is 23.2 Å². The van der Waals surface area contributed by atoms with Gasteiger partial charge in [-0.05, 0) is 223 Å². The van der Waals surface area contributed by atoms with E-state index in [1.54, 1.807) is 11.1 Å². The van der Waals surface area contributed by atoms with Crippen LogP contribution in [0.15, 0.2) is 128 Å². The lowest BCUT2D eigenvalue weighted by atomic mass is 9.78. The van der Waals surface area contributed by atoms with Crippen LogP contribution in [0.5, 0.6) is 0 Å². The topological polar surface area (TPSA) is 233 Å². The van der Waals surface area contributed by atoms with Crippen LogP contribution < -0.4 is 31.1 Å². The van der Waals surface area contributed by atoms with E-state index in [2.05, 4.69) is 120 Å². The first-order valence-corrected chi connectivity index (χ1v) is 38.8. The van der Waals surface area contributed by atoms with E-state index in [9.17, 15) is 24.0 Å². The molecule has 20 nitrogen and oxygen atoms in total. The average molecular weight is 1470 g/mol. The highest BCUT2D eigenvalue weighted by atomic mass is 35.5. The number of amides is 5. The van der Waals surface area contributed by atoms with Gasteiger partial charge in [0.25, 0.3) is 0 Å². The van der Waals surface area contributed by atoms with Crippen molar-refractivity contribution < 1.29 is 28.7 Å². The SMILES string of the molecule is CC(C)(C)OC(=O)N1CCC2(CCCC(=O)N2)CC1.Cc1ccc(C)c(CCl)c1.Cc1ccc(C)c(CN2C(=O)CCCC23CCN(c2cnc4ccccc4n2)CC3)c1.Clc1cnc2ccccc2n1.O=C1CCCC2(CCN(c3cnc4ccccc4n3)CC2)N1.O=C1CCCC2(CCNCC2)N1. The average Bonchev–Trinajstić information content (AvgIpc) is 0.767. The van der Waals surface area contributed by atoms with Crippen LogP contribution in [0.2, 0.25) is 5.15 Å². The van der Waals surface area contributed by atoms with E-state index in [-0.39, 0.29) is 46.0 Å². The normalized spacial score (nSPS) is 19.4. The number of halogens is 2. The Labute approximate surface area is 629 Å². The number of carbonyl (C=O) groups excluding carboxylic acids is 5. The maximum Gasteiger partial charge on any atom is 0.410 e. The molecule has 4 spiro atoms. The number of ether oxygens (including phenoxy) is 1. The minimum atomic E-state index is -0.453. The number of nitrogens with zero attached hydrogens (tertiary/aromatic N) is 10. The van der Waals surface area contributed by atoms with E-state index in [4.69, 9.17) is 37.9 Å². The molecule has 22 heteroatoms. The van der Waals surface area contributed by atoms with Crippen molar-refractivity contribution in [2.24, 2.45) is 0 Å². The van der Waals surface area contributed by atoms with Crippen molar-refractivity contribution in [2.45, 2.75) is 217 Å². The first-order valence-electron chi connectivity index (χ1n) is 37.9. The highest BCUT2D eigenvalue weighted by molar-refractivity contribution is 6.29. The number of benzene rings is 5. The molecule has 0 unspecified atom stereocenters. The molecular weight excluding hydrogens is 1360 g/mol. The number of aromatic nitrogens is 6. The molecule has 5 aromatic carbocycles. The molecule has 3 aromatic heterocycles. The second-order valence-corrected chi connectivity index (χ2v) is 31.6. The smallest absolute Gasteiger partial charge is 0.410 e. The molecule has 105 heavy (non-hydrogen) atoms. The number of likely N-dealkylation sites (tertiary alicyclic amines) is 2. The first-order chi connectivity index (χ1) is 50.5. The van der Waals surface area contributed by atoms with Gasteiger partial charge in [-0.15, -0.1) is 11.6 Å². The number of fused-ring (bicyclic) bond motifs is 3. The Kier molecular flexibility index (Phi) is 26.0. The summed E-state index contributed by atoms with van der Waals surface area (Å²) >= 11 is 11.3. The number of alkyl halides is 1. The molecule has 8 aliphatic heterocycles. The molecule has 0 saturated carbocycles. The number of carbonyl (C=O) groups is 5. The Morgan fingerprint density at radius 2 is 0.895 bits per heavy atom. The summed E-state index contributed by atoms with van der Waals surface area (Å²) in [6, 6.07) is 36.5. The molecule has 11 heterocycles. The summed E-state index contributed by atoms with van der Waals surface area (Å²) in [7, 11) is 0. The molecule has 8 aromatic rings. The third-order valence-corrected chi connectivity index (χ3v) is 22.5. The zero-order chi connectivity index (χ0) is 74.2. The summed E-state index contributed by atoms with van der Waals surface area (Å²) in [5.41, 5.74) is 12.7. The lowest BCUT2D eigenvalue weighted by Gasteiger charge is -2.51. The minimum Gasteiger partial charge on any atom is -0.444 e. The van der Waals surface area contributed by atoms with Crippen molar-refractivity contribution >= 4 is 97.7 Å². The quantitative estimate of drug-likeness (QED) is 0.117. The predicted molar refractivity (Wildman–Crippen MR) is 418 cm³/mol. The summed E-state index contributed by atoms with van der Waals surface area (Å²) in [6.45, 7) is 21.9. The van der Waals surface area contributed by atoms with Crippen LogP contribution in [0.3, 0.4) is 0 Å². The van der Waals surface area contributed by atoms with Gasteiger partial charge in [0.15, 0.2) is 0 Å². The number of para-hydroxylation sites is 6. The largest absolute Gasteiger partial charge is 0.444 e. The maximum absolute atomic E-state index is 13.1. The molecule has 0 aliphatic carbocycles. The Hall–Kier alpha value is -8.59. The van der Waals surface area contributed by atoms with E-state index < -0.39 is 5.60 Å². The Bertz CT molecular complexity index is 4300. The molecule has 8 aliphatic rings. The molecule has 8 fully saturated rings. The first kappa shape index (κ1) is 77.5. The highest BCUT2D eigenvalue weighted by Crippen LogP contribution is 2.41. The van der Waals surface area contributed by atoms with Crippen molar-refractivity contribution in [1.29, 1.82) is 0 Å². The van der Waals surface area contributed by atoms with Crippen molar-refractivity contribution in [2.75, 3.05) is 62.2 Å². The highest BCUT2D eigenvalue weighted by Gasteiger charge is 2.46. The van der Waals surface area contributed by atoms with E-state index in [1.807, 2.05) is 106 Å². The van der Waals surface area contributed by atoms with Crippen LogP contribution in [0.25, 0.3) is 33.1 Å². The van der Waals surface area contributed by atoms with Gasteiger partial charge in [0, 0.05) is 99.5 Å². The second-order valence-electron chi connectivity index (χ2n) is 30.9. The van der Waals surface area contributed by atoms with Gasteiger partial charge in [-0.2, -0.15) is 0 Å².